The van der Waals surface area contributed by atoms with E-state index in [1.807, 2.05) is 0 Å². The number of hydrogen-bond donors (Lipinski definition) is 1. The van der Waals surface area contributed by atoms with Crippen molar-refractivity contribution >= 4 is 28.8 Å². The van der Waals surface area contributed by atoms with Crippen LogP contribution >= 0.6 is 0 Å². The number of methoxy groups -OCH3 is 3. The fraction of sp³-hybridized carbons (Fsp3) is 0.120. The first-order chi connectivity index (χ1) is 16.4. The summed E-state index contributed by atoms with van der Waals surface area (Å²) < 4.78 is 43.1. The van der Waals surface area contributed by atoms with E-state index in [0.29, 0.717) is 28.5 Å². The van der Waals surface area contributed by atoms with Gasteiger partial charge >= 0.3 is 0 Å². The van der Waals surface area contributed by atoms with Gasteiger partial charge in [-0.25, -0.2) is 13.7 Å². The van der Waals surface area contributed by atoms with E-state index in [0.717, 1.165) is 23.1 Å². The second kappa shape index (κ2) is 9.22. The number of rotatable bonds is 7. The van der Waals surface area contributed by atoms with Crippen molar-refractivity contribution in [1.29, 1.82) is 0 Å². The molecule has 4 rings (SSSR count). The highest BCUT2D eigenvalue weighted by Crippen LogP contribution is 2.36. The molecule has 0 aromatic heterocycles. The van der Waals surface area contributed by atoms with Crippen LogP contribution in [0, 0.1) is 11.6 Å². The zero-order valence-corrected chi connectivity index (χ0v) is 18.5. The minimum Gasteiger partial charge on any atom is -0.497 e. The SMILES string of the molecule is COc1ccc(C2=C(Nc3cc(OC)cc(OC)c3)C(=O)N(c3ccc(F)c(F)c3)C2=O)cc1. The lowest BCUT2D eigenvalue weighted by Crippen LogP contribution is -2.32. The van der Waals surface area contributed by atoms with Crippen molar-refractivity contribution in [3.63, 3.8) is 0 Å². The summed E-state index contributed by atoms with van der Waals surface area (Å²) in [5, 5.41) is 2.98. The molecule has 0 saturated heterocycles. The van der Waals surface area contributed by atoms with E-state index in [2.05, 4.69) is 5.32 Å². The minimum atomic E-state index is -1.18. The minimum absolute atomic E-state index is 0.0461. The second-order valence-corrected chi connectivity index (χ2v) is 7.25. The molecule has 0 atom stereocenters. The van der Waals surface area contributed by atoms with Crippen LogP contribution in [0.5, 0.6) is 17.2 Å². The molecule has 3 aromatic rings. The van der Waals surface area contributed by atoms with E-state index in [-0.39, 0.29) is 17.0 Å². The van der Waals surface area contributed by atoms with Crippen molar-refractivity contribution in [2.24, 2.45) is 0 Å². The van der Waals surface area contributed by atoms with Crippen LogP contribution in [0.4, 0.5) is 20.2 Å². The van der Waals surface area contributed by atoms with E-state index in [1.165, 1.54) is 21.3 Å². The predicted octanol–water partition coefficient (Wildman–Crippen LogP) is 4.39. The Labute approximate surface area is 194 Å². The number of nitrogens with zero attached hydrogens (tertiary/aromatic N) is 1. The molecule has 174 valence electrons. The normalized spacial score (nSPS) is 13.4. The van der Waals surface area contributed by atoms with Crippen molar-refractivity contribution < 1.29 is 32.6 Å². The van der Waals surface area contributed by atoms with Gasteiger partial charge in [-0.2, -0.15) is 0 Å². The van der Waals surface area contributed by atoms with Crippen molar-refractivity contribution in [2.75, 3.05) is 31.5 Å². The topological polar surface area (TPSA) is 77.1 Å². The summed E-state index contributed by atoms with van der Waals surface area (Å²) in [6.07, 6.45) is 0. The molecular weight excluding hydrogens is 446 g/mol. The van der Waals surface area contributed by atoms with Crippen LogP contribution in [-0.2, 0) is 9.59 Å². The van der Waals surface area contributed by atoms with E-state index < -0.39 is 23.4 Å². The Bertz CT molecular complexity index is 1280. The quantitative estimate of drug-likeness (QED) is 0.521. The Balaban J connectivity index is 1.83. The van der Waals surface area contributed by atoms with Crippen molar-refractivity contribution in [3.8, 4) is 17.2 Å². The number of halogens is 2. The van der Waals surface area contributed by atoms with Crippen LogP contribution in [-0.4, -0.2) is 33.1 Å². The molecule has 7 nitrogen and oxygen atoms in total. The first-order valence-corrected chi connectivity index (χ1v) is 10.1. The summed E-state index contributed by atoms with van der Waals surface area (Å²) in [6, 6.07) is 14.3. The molecule has 0 radical (unpaired) electrons. The highest BCUT2D eigenvalue weighted by molar-refractivity contribution is 6.46. The maximum Gasteiger partial charge on any atom is 0.282 e. The summed E-state index contributed by atoms with van der Waals surface area (Å²) in [4.78, 5) is 27.6. The summed E-state index contributed by atoms with van der Waals surface area (Å²) in [7, 11) is 4.47. The summed E-state index contributed by atoms with van der Waals surface area (Å²) in [5.74, 6) is -2.21. The molecule has 0 saturated carbocycles. The Morgan fingerprint density at radius 1 is 0.706 bits per heavy atom. The number of amides is 2. The van der Waals surface area contributed by atoms with E-state index in [4.69, 9.17) is 14.2 Å². The fourth-order valence-electron chi connectivity index (χ4n) is 3.55. The number of carbonyl (C=O) groups is 2. The zero-order valence-electron chi connectivity index (χ0n) is 18.5. The molecule has 0 unspecified atom stereocenters. The molecule has 1 aliphatic heterocycles. The number of nitrogens with one attached hydrogen (secondary N) is 1. The summed E-state index contributed by atoms with van der Waals surface area (Å²) >= 11 is 0. The average Bonchev–Trinajstić information content (AvgIpc) is 3.09. The molecule has 0 bridgehead atoms. The molecule has 9 heteroatoms. The van der Waals surface area contributed by atoms with Gasteiger partial charge in [0, 0.05) is 30.0 Å². The van der Waals surface area contributed by atoms with Crippen LogP contribution in [0.25, 0.3) is 5.57 Å². The third-order valence-corrected chi connectivity index (χ3v) is 5.24. The Kier molecular flexibility index (Phi) is 6.18. The van der Waals surface area contributed by atoms with Crippen molar-refractivity contribution in [1.82, 2.24) is 0 Å². The maximum atomic E-state index is 13.9. The largest absolute Gasteiger partial charge is 0.497 e. The van der Waals surface area contributed by atoms with Crippen molar-refractivity contribution in [2.45, 2.75) is 0 Å². The van der Waals surface area contributed by atoms with Crippen LogP contribution in [0.15, 0.2) is 66.4 Å². The molecule has 1 aliphatic rings. The molecular formula is C25H20F2N2O5. The smallest absolute Gasteiger partial charge is 0.282 e. The van der Waals surface area contributed by atoms with Gasteiger partial charge in [-0.15, -0.1) is 0 Å². The predicted molar refractivity (Wildman–Crippen MR) is 122 cm³/mol. The number of carbonyl (C=O) groups excluding carboxylic acids is 2. The Morgan fingerprint density at radius 3 is 1.88 bits per heavy atom. The second-order valence-electron chi connectivity index (χ2n) is 7.25. The van der Waals surface area contributed by atoms with Gasteiger partial charge in [0.05, 0.1) is 32.6 Å². The fourth-order valence-corrected chi connectivity index (χ4v) is 3.55. The van der Waals surface area contributed by atoms with Gasteiger partial charge in [0.25, 0.3) is 11.8 Å². The Hall–Kier alpha value is -4.40. The number of anilines is 2. The van der Waals surface area contributed by atoms with Gasteiger partial charge in [0.2, 0.25) is 0 Å². The molecule has 34 heavy (non-hydrogen) atoms. The van der Waals surface area contributed by atoms with Crippen LogP contribution in [0.2, 0.25) is 0 Å². The summed E-state index contributed by atoms with van der Waals surface area (Å²) in [6.45, 7) is 0. The Morgan fingerprint density at radius 2 is 1.32 bits per heavy atom. The van der Waals surface area contributed by atoms with Gasteiger partial charge in [-0.3, -0.25) is 9.59 Å². The first kappa shape index (κ1) is 22.8. The molecule has 1 N–H and O–H groups in total. The lowest BCUT2D eigenvalue weighted by atomic mass is 10.0. The van der Waals surface area contributed by atoms with E-state index in [9.17, 15) is 18.4 Å². The van der Waals surface area contributed by atoms with E-state index >= 15 is 0 Å². The lowest BCUT2D eigenvalue weighted by Gasteiger charge is -2.16. The molecule has 2 amide bonds. The van der Waals surface area contributed by atoms with Crippen molar-refractivity contribution in [3.05, 3.63) is 83.6 Å². The third kappa shape index (κ3) is 4.15. The molecule has 0 aliphatic carbocycles. The van der Waals surface area contributed by atoms with Gasteiger partial charge in [-0.1, -0.05) is 12.1 Å². The van der Waals surface area contributed by atoms with Crippen LogP contribution < -0.4 is 24.4 Å². The van der Waals surface area contributed by atoms with Gasteiger partial charge < -0.3 is 19.5 Å². The molecule has 3 aromatic carbocycles. The van der Waals surface area contributed by atoms with Crippen LogP contribution in [0.3, 0.4) is 0 Å². The molecule has 0 spiro atoms. The average molecular weight is 466 g/mol. The molecule has 0 fully saturated rings. The number of imide groups is 1. The maximum absolute atomic E-state index is 13.9. The van der Waals surface area contributed by atoms with E-state index in [1.54, 1.807) is 42.5 Å². The number of hydrogen-bond acceptors (Lipinski definition) is 6. The molecule has 1 heterocycles. The standard InChI is InChI=1S/C25H20F2N2O5/c1-32-17-7-4-14(5-8-17)22-23(28-15-10-18(33-2)13-19(11-15)34-3)25(31)29(24(22)30)16-6-9-20(26)21(27)12-16/h4-13,28H,1-3H3. The lowest BCUT2D eigenvalue weighted by molar-refractivity contribution is -0.120. The highest BCUT2D eigenvalue weighted by Gasteiger charge is 2.40. The zero-order chi connectivity index (χ0) is 24.4. The monoisotopic (exact) mass is 466 g/mol. The van der Waals surface area contributed by atoms with Gasteiger partial charge in [-0.05, 0) is 29.8 Å². The number of ether oxygens (including phenoxy) is 3. The number of benzene rings is 3. The van der Waals surface area contributed by atoms with Gasteiger partial charge in [0.15, 0.2) is 11.6 Å². The highest BCUT2D eigenvalue weighted by atomic mass is 19.2. The summed E-state index contributed by atoms with van der Waals surface area (Å²) in [5.41, 5.74) is 0.765. The first-order valence-electron chi connectivity index (χ1n) is 10.1. The van der Waals surface area contributed by atoms with Gasteiger partial charge in [0.1, 0.15) is 22.9 Å². The third-order valence-electron chi connectivity index (χ3n) is 5.24. The van der Waals surface area contributed by atoms with Crippen LogP contribution in [0.1, 0.15) is 5.56 Å².